The predicted octanol–water partition coefficient (Wildman–Crippen LogP) is 0.524. The van der Waals surface area contributed by atoms with Crippen LogP contribution in [0.5, 0.6) is 0 Å². The number of hydrogen-bond donors (Lipinski definition) is 1. The number of aromatic nitrogens is 3. The van der Waals surface area contributed by atoms with Crippen molar-refractivity contribution in [1.29, 1.82) is 0 Å². The van der Waals surface area contributed by atoms with Crippen molar-refractivity contribution in [3.8, 4) is 0 Å². The van der Waals surface area contributed by atoms with E-state index < -0.39 is 0 Å². The van der Waals surface area contributed by atoms with E-state index in [9.17, 15) is 0 Å². The molecule has 2 N–H and O–H groups in total. The summed E-state index contributed by atoms with van der Waals surface area (Å²) >= 11 is 1.58. The molecule has 0 saturated heterocycles. The van der Waals surface area contributed by atoms with Crippen LogP contribution >= 0.6 is 11.8 Å². The van der Waals surface area contributed by atoms with Crippen molar-refractivity contribution in [2.45, 2.75) is 18.2 Å². The molecule has 5 nitrogen and oxygen atoms in total. The number of thioether (sulfide) groups is 1. The Kier molecular flexibility index (Phi) is 3.56. The minimum atomic E-state index is 0.211. The quantitative estimate of drug-likeness (QED) is 0.721. The second-order valence-electron chi connectivity index (χ2n) is 2.76. The molecule has 0 aliphatic rings. The second kappa shape index (κ2) is 4.48. The summed E-state index contributed by atoms with van der Waals surface area (Å²) in [5.41, 5.74) is 5.52. The maximum absolute atomic E-state index is 5.52. The van der Waals surface area contributed by atoms with Gasteiger partial charge in [-0.3, -0.25) is 4.57 Å². The van der Waals surface area contributed by atoms with Gasteiger partial charge in [-0.15, -0.1) is 10.2 Å². The Labute approximate surface area is 81.7 Å². The minimum absolute atomic E-state index is 0.211. The molecule has 0 amide bonds. The highest BCUT2D eigenvalue weighted by molar-refractivity contribution is 7.99. The highest BCUT2D eigenvalue weighted by atomic mass is 32.2. The van der Waals surface area contributed by atoms with Crippen LogP contribution in [0.3, 0.4) is 0 Å². The zero-order chi connectivity index (χ0) is 9.84. The molecule has 0 aromatic carbocycles. The third kappa shape index (κ3) is 2.60. The Morgan fingerprint density at radius 1 is 1.62 bits per heavy atom. The highest BCUT2D eigenvalue weighted by Crippen LogP contribution is 2.17. The fraction of sp³-hybridized carbons (Fsp3) is 0.714. The standard InChI is InChI=1S/C7H14N4OS/c1-5(12-3)4-13-7-10-9-6(8)11(7)2/h5H,4H2,1-3H3,(H2,8,9). The van der Waals surface area contributed by atoms with Crippen molar-refractivity contribution >= 4 is 17.7 Å². The summed E-state index contributed by atoms with van der Waals surface area (Å²) in [6.07, 6.45) is 0.211. The number of nitrogens with zero attached hydrogens (tertiary/aromatic N) is 3. The monoisotopic (exact) mass is 202 g/mol. The van der Waals surface area contributed by atoms with Gasteiger partial charge in [-0.1, -0.05) is 11.8 Å². The number of hydrogen-bond acceptors (Lipinski definition) is 5. The number of anilines is 1. The molecule has 0 aliphatic heterocycles. The Bertz CT molecular complexity index is 275. The van der Waals surface area contributed by atoms with E-state index in [0.717, 1.165) is 10.9 Å². The lowest BCUT2D eigenvalue weighted by Crippen LogP contribution is -2.08. The van der Waals surface area contributed by atoms with E-state index in [1.165, 1.54) is 0 Å². The molecular formula is C7H14N4OS. The third-order valence-corrected chi connectivity index (χ3v) is 2.97. The van der Waals surface area contributed by atoms with E-state index in [1.54, 1.807) is 23.4 Å². The average Bonchev–Trinajstić information content (AvgIpc) is 2.44. The molecule has 0 aliphatic carbocycles. The van der Waals surface area contributed by atoms with Crippen LogP contribution in [0.25, 0.3) is 0 Å². The van der Waals surface area contributed by atoms with Gasteiger partial charge in [0.15, 0.2) is 5.16 Å². The molecule has 1 aromatic rings. The molecule has 0 saturated carbocycles. The summed E-state index contributed by atoms with van der Waals surface area (Å²) < 4.78 is 6.87. The van der Waals surface area contributed by atoms with Gasteiger partial charge in [0, 0.05) is 19.9 Å². The minimum Gasteiger partial charge on any atom is -0.381 e. The van der Waals surface area contributed by atoms with E-state index in [4.69, 9.17) is 10.5 Å². The van der Waals surface area contributed by atoms with Gasteiger partial charge >= 0.3 is 0 Å². The fourth-order valence-electron chi connectivity index (χ4n) is 0.712. The van der Waals surface area contributed by atoms with Gasteiger partial charge in [0.25, 0.3) is 0 Å². The molecule has 0 bridgehead atoms. The molecule has 1 unspecified atom stereocenters. The highest BCUT2D eigenvalue weighted by Gasteiger charge is 2.07. The summed E-state index contributed by atoms with van der Waals surface area (Å²) in [7, 11) is 3.53. The Balaban J connectivity index is 2.50. The van der Waals surface area contributed by atoms with Crippen LogP contribution in [0.2, 0.25) is 0 Å². The van der Waals surface area contributed by atoms with Crippen LogP contribution in [0.1, 0.15) is 6.92 Å². The molecular weight excluding hydrogens is 188 g/mol. The van der Waals surface area contributed by atoms with Gasteiger partial charge in [-0.05, 0) is 6.92 Å². The molecule has 0 radical (unpaired) electrons. The largest absolute Gasteiger partial charge is 0.381 e. The summed E-state index contributed by atoms with van der Waals surface area (Å²) in [5, 5.41) is 8.49. The fourth-order valence-corrected chi connectivity index (χ4v) is 1.62. The smallest absolute Gasteiger partial charge is 0.222 e. The van der Waals surface area contributed by atoms with Crippen LogP contribution in [0.4, 0.5) is 5.95 Å². The van der Waals surface area contributed by atoms with E-state index in [2.05, 4.69) is 10.2 Å². The van der Waals surface area contributed by atoms with E-state index >= 15 is 0 Å². The Morgan fingerprint density at radius 3 is 2.77 bits per heavy atom. The van der Waals surface area contributed by atoms with Gasteiger partial charge in [-0.2, -0.15) is 0 Å². The normalized spacial score (nSPS) is 13.2. The van der Waals surface area contributed by atoms with E-state index in [1.807, 2.05) is 14.0 Å². The average molecular weight is 202 g/mol. The molecule has 6 heteroatoms. The Morgan fingerprint density at radius 2 is 2.31 bits per heavy atom. The zero-order valence-electron chi connectivity index (χ0n) is 8.02. The molecule has 13 heavy (non-hydrogen) atoms. The number of rotatable bonds is 4. The first-order valence-corrected chi connectivity index (χ1v) is 4.94. The maximum Gasteiger partial charge on any atom is 0.222 e. The first kappa shape index (κ1) is 10.3. The number of ether oxygens (including phenoxy) is 1. The molecule has 74 valence electrons. The first-order valence-electron chi connectivity index (χ1n) is 3.95. The van der Waals surface area contributed by atoms with Crippen LogP contribution in [0, 0.1) is 0 Å². The molecule has 1 heterocycles. The van der Waals surface area contributed by atoms with Gasteiger partial charge in [0.05, 0.1) is 6.10 Å². The lowest BCUT2D eigenvalue weighted by Gasteiger charge is -2.07. The predicted molar refractivity (Wildman–Crippen MR) is 52.6 cm³/mol. The molecule has 0 spiro atoms. The molecule has 0 fully saturated rings. The zero-order valence-corrected chi connectivity index (χ0v) is 8.84. The van der Waals surface area contributed by atoms with Crippen LogP contribution < -0.4 is 5.73 Å². The van der Waals surface area contributed by atoms with Crippen LogP contribution in [-0.4, -0.2) is 33.7 Å². The summed E-state index contributed by atoms with van der Waals surface area (Å²) in [4.78, 5) is 0. The van der Waals surface area contributed by atoms with Gasteiger partial charge in [0.1, 0.15) is 0 Å². The van der Waals surface area contributed by atoms with Crippen molar-refractivity contribution in [2.24, 2.45) is 7.05 Å². The van der Waals surface area contributed by atoms with E-state index in [-0.39, 0.29) is 6.10 Å². The maximum atomic E-state index is 5.52. The van der Waals surface area contributed by atoms with Gasteiger partial charge in [0.2, 0.25) is 5.95 Å². The molecule has 1 rings (SSSR count). The lowest BCUT2D eigenvalue weighted by atomic mass is 10.5. The van der Waals surface area contributed by atoms with Gasteiger partial charge in [-0.25, -0.2) is 0 Å². The number of nitrogen functional groups attached to an aromatic ring is 1. The van der Waals surface area contributed by atoms with Crippen LogP contribution in [-0.2, 0) is 11.8 Å². The number of methoxy groups -OCH3 is 1. The second-order valence-corrected chi connectivity index (χ2v) is 3.74. The van der Waals surface area contributed by atoms with Crippen molar-refractivity contribution in [3.63, 3.8) is 0 Å². The van der Waals surface area contributed by atoms with Gasteiger partial charge < -0.3 is 10.5 Å². The van der Waals surface area contributed by atoms with Crippen molar-refractivity contribution in [3.05, 3.63) is 0 Å². The van der Waals surface area contributed by atoms with Crippen molar-refractivity contribution < 1.29 is 4.74 Å². The van der Waals surface area contributed by atoms with Crippen LogP contribution in [0.15, 0.2) is 5.16 Å². The summed E-state index contributed by atoms with van der Waals surface area (Å²) in [6, 6.07) is 0. The summed E-state index contributed by atoms with van der Waals surface area (Å²) in [6.45, 7) is 2.01. The van der Waals surface area contributed by atoms with E-state index in [0.29, 0.717) is 5.95 Å². The van der Waals surface area contributed by atoms with Crippen molar-refractivity contribution in [2.75, 3.05) is 18.6 Å². The first-order chi connectivity index (χ1) is 6.15. The lowest BCUT2D eigenvalue weighted by molar-refractivity contribution is 0.137. The molecule has 1 atom stereocenters. The molecule has 1 aromatic heterocycles. The Hall–Kier alpha value is -0.750. The summed E-state index contributed by atoms with van der Waals surface area (Å²) in [5.74, 6) is 1.29. The van der Waals surface area contributed by atoms with Crippen molar-refractivity contribution in [1.82, 2.24) is 14.8 Å². The topological polar surface area (TPSA) is 66.0 Å². The SMILES string of the molecule is COC(C)CSc1nnc(N)n1C. The number of nitrogens with two attached hydrogens (primary N) is 1. The third-order valence-electron chi connectivity index (χ3n) is 1.72.